The second-order valence-corrected chi connectivity index (χ2v) is 8.09. The van der Waals surface area contributed by atoms with Crippen LogP contribution in [0.1, 0.15) is 46.9 Å². The number of hydrogen-bond donors (Lipinski definition) is 0. The molecule has 2 aromatic carbocycles. The van der Waals surface area contributed by atoms with Crippen molar-refractivity contribution < 1.29 is 28.5 Å². The van der Waals surface area contributed by atoms with E-state index in [1.165, 1.54) is 19.4 Å². The molecule has 2 bridgehead atoms. The lowest BCUT2D eigenvalue weighted by molar-refractivity contribution is -0.871. The highest BCUT2D eigenvalue weighted by Gasteiger charge is 2.43. The highest BCUT2D eigenvalue weighted by molar-refractivity contribution is 5.55. The van der Waals surface area contributed by atoms with E-state index in [-0.39, 0.29) is 24.0 Å². The number of benzene rings is 2. The summed E-state index contributed by atoms with van der Waals surface area (Å²) in [6.07, 6.45) is 2.66. The highest BCUT2D eigenvalue weighted by atomic mass is 127. The van der Waals surface area contributed by atoms with E-state index in [1.54, 1.807) is 22.3 Å². The van der Waals surface area contributed by atoms with E-state index in [9.17, 15) is 0 Å². The number of rotatable bonds is 3. The predicted molar refractivity (Wildman–Crippen MR) is 92.2 cm³/mol. The lowest BCUT2D eigenvalue weighted by atomic mass is 9.58. The fourth-order valence-electron chi connectivity index (χ4n) is 4.60. The van der Waals surface area contributed by atoms with Gasteiger partial charge in [-0.15, -0.1) is 0 Å². The van der Waals surface area contributed by atoms with Crippen molar-refractivity contribution in [3.05, 3.63) is 70.8 Å². The van der Waals surface area contributed by atoms with Crippen molar-refractivity contribution in [3.8, 4) is 0 Å². The molecule has 1 atom stereocenters. The number of halogens is 1. The van der Waals surface area contributed by atoms with Gasteiger partial charge in [0.25, 0.3) is 0 Å². The summed E-state index contributed by atoms with van der Waals surface area (Å²) in [6, 6.07) is 18.3. The SMILES string of the molecule is C[N+](C)(C)CCC1CC2c3ccccc3C1c1ccccc12.[I-]. The zero-order chi connectivity index (χ0) is 15.3. The van der Waals surface area contributed by atoms with Crippen LogP contribution < -0.4 is 24.0 Å². The van der Waals surface area contributed by atoms with Crippen molar-refractivity contribution in [1.82, 2.24) is 0 Å². The zero-order valence-corrected chi connectivity index (χ0v) is 16.5. The third kappa shape index (κ3) is 2.96. The standard InChI is InChI=1S/C21H26N.HI/c1-22(2,3)13-12-15-14-20-16-8-4-6-10-18(16)21(15)19-11-7-5-9-17(19)20;/h4-11,15,20-21H,12-14H2,1-3H3;1H/q+1;/p-1. The molecule has 0 spiro atoms. The van der Waals surface area contributed by atoms with E-state index in [1.807, 2.05) is 0 Å². The first-order valence-electron chi connectivity index (χ1n) is 8.53. The molecule has 0 N–H and O–H groups in total. The summed E-state index contributed by atoms with van der Waals surface area (Å²) in [6.45, 7) is 1.26. The van der Waals surface area contributed by atoms with Gasteiger partial charge in [-0.1, -0.05) is 48.5 Å². The van der Waals surface area contributed by atoms with Gasteiger partial charge in [0.1, 0.15) is 0 Å². The minimum atomic E-state index is 0. The first-order chi connectivity index (χ1) is 10.5. The minimum Gasteiger partial charge on any atom is -1.00 e. The molecule has 2 heteroatoms. The molecule has 0 saturated carbocycles. The molecule has 3 aliphatic carbocycles. The number of nitrogens with zero attached hydrogens (tertiary/aromatic N) is 1. The molecule has 0 saturated heterocycles. The van der Waals surface area contributed by atoms with Gasteiger partial charge in [-0.2, -0.15) is 0 Å². The Morgan fingerprint density at radius 3 is 1.78 bits per heavy atom. The van der Waals surface area contributed by atoms with Crippen LogP contribution in [0.5, 0.6) is 0 Å². The average Bonchev–Trinajstić information content (AvgIpc) is 2.52. The van der Waals surface area contributed by atoms with Crippen molar-refractivity contribution in [3.63, 3.8) is 0 Å². The van der Waals surface area contributed by atoms with E-state index in [0.717, 1.165) is 10.4 Å². The van der Waals surface area contributed by atoms with Crippen LogP contribution in [0.2, 0.25) is 0 Å². The van der Waals surface area contributed by atoms with Gasteiger partial charge in [0, 0.05) is 18.3 Å². The average molecular weight is 419 g/mol. The molecule has 0 amide bonds. The van der Waals surface area contributed by atoms with E-state index in [2.05, 4.69) is 69.7 Å². The van der Waals surface area contributed by atoms with Crippen molar-refractivity contribution in [2.75, 3.05) is 27.7 Å². The van der Waals surface area contributed by atoms with Gasteiger partial charge in [-0.3, -0.25) is 0 Å². The normalized spacial score (nSPS) is 24.6. The Balaban J connectivity index is 0.00000156. The molecule has 0 radical (unpaired) electrons. The first kappa shape index (κ1) is 17.0. The molecular formula is C21H26IN. The van der Waals surface area contributed by atoms with Crippen LogP contribution in [0.15, 0.2) is 48.5 Å². The fourth-order valence-corrected chi connectivity index (χ4v) is 4.60. The van der Waals surface area contributed by atoms with Gasteiger partial charge >= 0.3 is 0 Å². The Kier molecular flexibility index (Phi) is 4.58. The van der Waals surface area contributed by atoms with Crippen LogP contribution in [-0.4, -0.2) is 32.2 Å². The number of fused-ring (bicyclic) bond motifs is 1. The second-order valence-electron chi connectivity index (χ2n) is 8.09. The van der Waals surface area contributed by atoms with Crippen LogP contribution >= 0.6 is 0 Å². The Morgan fingerprint density at radius 1 is 0.826 bits per heavy atom. The topological polar surface area (TPSA) is 0 Å². The minimum absolute atomic E-state index is 0. The van der Waals surface area contributed by atoms with Crippen molar-refractivity contribution >= 4 is 0 Å². The predicted octanol–water partition coefficient (Wildman–Crippen LogP) is 1.38. The summed E-state index contributed by atoms with van der Waals surface area (Å²) in [4.78, 5) is 0. The van der Waals surface area contributed by atoms with E-state index >= 15 is 0 Å². The molecule has 0 aliphatic heterocycles. The molecule has 1 nitrogen and oxygen atoms in total. The molecular weight excluding hydrogens is 393 g/mol. The molecule has 0 aromatic heterocycles. The molecule has 5 rings (SSSR count). The van der Waals surface area contributed by atoms with E-state index in [0.29, 0.717) is 11.8 Å². The number of hydrogen-bond acceptors (Lipinski definition) is 0. The summed E-state index contributed by atoms with van der Waals surface area (Å²) in [5.41, 5.74) is 6.38. The van der Waals surface area contributed by atoms with Gasteiger partial charge in [-0.05, 0) is 34.6 Å². The smallest absolute Gasteiger partial charge is 0.0783 e. The third-order valence-electron chi connectivity index (χ3n) is 5.59. The lowest BCUT2D eigenvalue weighted by Crippen LogP contribution is -3.00. The first-order valence-corrected chi connectivity index (χ1v) is 8.53. The molecule has 23 heavy (non-hydrogen) atoms. The summed E-state index contributed by atoms with van der Waals surface area (Å²) in [7, 11) is 6.93. The lowest BCUT2D eigenvalue weighted by Gasteiger charge is -2.46. The van der Waals surface area contributed by atoms with Gasteiger partial charge in [-0.25, -0.2) is 0 Å². The summed E-state index contributed by atoms with van der Waals surface area (Å²) >= 11 is 0. The summed E-state index contributed by atoms with van der Waals surface area (Å²) < 4.78 is 1.07. The van der Waals surface area contributed by atoms with E-state index in [4.69, 9.17) is 0 Å². The summed E-state index contributed by atoms with van der Waals surface area (Å²) in [5, 5.41) is 0. The van der Waals surface area contributed by atoms with Crippen LogP contribution in [0.3, 0.4) is 0 Å². The number of quaternary nitrogens is 1. The quantitative estimate of drug-likeness (QED) is 0.521. The maximum absolute atomic E-state index is 2.38. The van der Waals surface area contributed by atoms with Crippen LogP contribution in [0, 0.1) is 5.92 Å². The van der Waals surface area contributed by atoms with Crippen LogP contribution in [0.4, 0.5) is 0 Å². The van der Waals surface area contributed by atoms with Crippen LogP contribution in [-0.2, 0) is 0 Å². The largest absolute Gasteiger partial charge is 1.00 e. The Morgan fingerprint density at radius 2 is 1.30 bits per heavy atom. The summed E-state index contributed by atoms with van der Waals surface area (Å²) in [5.74, 6) is 2.03. The van der Waals surface area contributed by atoms with Gasteiger partial charge in [0.15, 0.2) is 0 Å². The van der Waals surface area contributed by atoms with Gasteiger partial charge in [0.2, 0.25) is 0 Å². The maximum Gasteiger partial charge on any atom is 0.0783 e. The van der Waals surface area contributed by atoms with Crippen molar-refractivity contribution in [1.29, 1.82) is 0 Å². The molecule has 0 heterocycles. The molecule has 2 aromatic rings. The molecule has 122 valence electrons. The Labute approximate surface area is 157 Å². The highest BCUT2D eigenvalue weighted by Crippen LogP contribution is 2.56. The van der Waals surface area contributed by atoms with Gasteiger partial charge < -0.3 is 28.5 Å². The fraction of sp³-hybridized carbons (Fsp3) is 0.429. The van der Waals surface area contributed by atoms with Gasteiger partial charge in [0.05, 0.1) is 27.7 Å². The van der Waals surface area contributed by atoms with Crippen LogP contribution in [0.25, 0.3) is 0 Å². The third-order valence-corrected chi connectivity index (χ3v) is 5.59. The Hall–Kier alpha value is -0.870. The molecule has 1 unspecified atom stereocenters. The van der Waals surface area contributed by atoms with Crippen molar-refractivity contribution in [2.45, 2.75) is 24.7 Å². The van der Waals surface area contributed by atoms with E-state index < -0.39 is 0 Å². The maximum atomic E-state index is 2.38. The Bertz CT molecular complexity index is 653. The monoisotopic (exact) mass is 419 g/mol. The zero-order valence-electron chi connectivity index (χ0n) is 14.3. The molecule has 0 fully saturated rings. The molecule has 3 aliphatic rings. The second kappa shape index (κ2) is 6.21. The van der Waals surface area contributed by atoms with Crippen molar-refractivity contribution in [2.24, 2.45) is 5.92 Å².